The smallest absolute Gasteiger partial charge is 0.224 e. The lowest BCUT2D eigenvalue weighted by Crippen LogP contribution is -2.42. The zero-order chi connectivity index (χ0) is 26.4. The number of fused-ring (bicyclic) bond motifs is 1. The first-order valence-corrected chi connectivity index (χ1v) is 13.3. The first kappa shape index (κ1) is 26.9. The fraction of sp³-hybridized carbons (Fsp3) is 0.467. The number of anilines is 1. The standard InChI is InChI=1S/C30H40N4O3/c1-21-27-9-4-5-10-28(27)34(16-7-17-37-3)30(21)24-8-6-15-33(20-24)29(36)19-25(31)18-23-11-13-26(14-12-23)32-22(2)35/h4-5,9-14,24-25H,6-8,15-20,31H2,1-3H3,(H,32,35)/t24?,25-/m1/s1. The summed E-state index contributed by atoms with van der Waals surface area (Å²) in [6, 6.07) is 16.0. The maximum atomic E-state index is 13.3. The van der Waals surface area contributed by atoms with Gasteiger partial charge in [0, 0.05) is 80.9 Å². The normalized spacial score (nSPS) is 16.6. The molecule has 1 aliphatic heterocycles. The average molecular weight is 505 g/mol. The molecule has 1 fully saturated rings. The molecule has 3 aromatic rings. The largest absolute Gasteiger partial charge is 0.385 e. The van der Waals surface area contributed by atoms with E-state index in [0.29, 0.717) is 18.8 Å². The van der Waals surface area contributed by atoms with Crippen LogP contribution in [0.2, 0.25) is 0 Å². The molecule has 0 bridgehead atoms. The highest BCUT2D eigenvalue weighted by Crippen LogP contribution is 2.36. The molecule has 37 heavy (non-hydrogen) atoms. The second kappa shape index (κ2) is 12.4. The van der Waals surface area contributed by atoms with E-state index in [1.165, 1.54) is 29.1 Å². The van der Waals surface area contributed by atoms with Crippen LogP contribution in [0.25, 0.3) is 10.9 Å². The number of rotatable bonds is 10. The number of nitrogens with one attached hydrogen (secondary N) is 1. The summed E-state index contributed by atoms with van der Waals surface area (Å²) in [7, 11) is 1.75. The number of nitrogens with zero attached hydrogens (tertiary/aromatic N) is 2. The van der Waals surface area contributed by atoms with Gasteiger partial charge in [-0.15, -0.1) is 0 Å². The number of benzene rings is 2. The summed E-state index contributed by atoms with van der Waals surface area (Å²) < 4.78 is 7.78. The predicted molar refractivity (Wildman–Crippen MR) is 149 cm³/mol. The van der Waals surface area contributed by atoms with Crippen LogP contribution >= 0.6 is 0 Å². The van der Waals surface area contributed by atoms with E-state index in [9.17, 15) is 9.59 Å². The lowest BCUT2D eigenvalue weighted by Gasteiger charge is -2.34. The molecule has 7 nitrogen and oxygen atoms in total. The van der Waals surface area contributed by atoms with Gasteiger partial charge in [-0.05, 0) is 61.9 Å². The molecule has 0 radical (unpaired) electrons. The Morgan fingerprint density at radius 2 is 1.92 bits per heavy atom. The topological polar surface area (TPSA) is 89.6 Å². The number of ether oxygens (including phenoxy) is 1. The Balaban J connectivity index is 1.42. The number of carbonyl (C=O) groups is 2. The van der Waals surface area contributed by atoms with Gasteiger partial charge in [0.15, 0.2) is 0 Å². The molecule has 198 valence electrons. The third kappa shape index (κ3) is 6.59. The highest BCUT2D eigenvalue weighted by Gasteiger charge is 2.29. The zero-order valence-electron chi connectivity index (χ0n) is 22.3. The summed E-state index contributed by atoms with van der Waals surface area (Å²) in [5.74, 6) is 0.345. The van der Waals surface area contributed by atoms with Gasteiger partial charge >= 0.3 is 0 Å². The third-order valence-corrected chi connectivity index (χ3v) is 7.37. The van der Waals surface area contributed by atoms with Crippen molar-refractivity contribution in [2.45, 2.75) is 64.5 Å². The third-order valence-electron chi connectivity index (χ3n) is 7.37. The molecule has 1 saturated heterocycles. The molecule has 4 rings (SSSR count). The Labute approximate surface area is 220 Å². The first-order valence-electron chi connectivity index (χ1n) is 13.3. The predicted octanol–water partition coefficient (Wildman–Crippen LogP) is 4.61. The number of hydrogen-bond acceptors (Lipinski definition) is 4. The second-order valence-electron chi connectivity index (χ2n) is 10.3. The van der Waals surface area contributed by atoms with Crippen molar-refractivity contribution >= 4 is 28.4 Å². The highest BCUT2D eigenvalue weighted by molar-refractivity contribution is 5.88. The summed E-state index contributed by atoms with van der Waals surface area (Å²) in [5.41, 5.74) is 12.2. The number of aromatic nitrogens is 1. The Hall–Kier alpha value is -3.16. The van der Waals surface area contributed by atoms with Gasteiger partial charge in [-0.25, -0.2) is 0 Å². The molecule has 2 aromatic carbocycles. The van der Waals surface area contributed by atoms with E-state index in [4.69, 9.17) is 10.5 Å². The first-order chi connectivity index (χ1) is 17.9. The summed E-state index contributed by atoms with van der Waals surface area (Å²) in [5, 5.41) is 4.07. The van der Waals surface area contributed by atoms with Crippen molar-refractivity contribution in [2.75, 3.05) is 32.1 Å². The van der Waals surface area contributed by atoms with Gasteiger partial charge in [0.25, 0.3) is 0 Å². The van der Waals surface area contributed by atoms with Gasteiger partial charge in [-0.1, -0.05) is 30.3 Å². The molecule has 0 spiro atoms. The average Bonchev–Trinajstić information content (AvgIpc) is 3.16. The molecular weight excluding hydrogens is 464 g/mol. The van der Waals surface area contributed by atoms with Gasteiger partial charge in [0.1, 0.15) is 0 Å². The van der Waals surface area contributed by atoms with E-state index < -0.39 is 0 Å². The Morgan fingerprint density at radius 1 is 1.16 bits per heavy atom. The van der Waals surface area contributed by atoms with E-state index in [1.54, 1.807) is 7.11 Å². The Bertz CT molecular complexity index is 1220. The molecular formula is C30H40N4O3. The van der Waals surface area contributed by atoms with Crippen molar-refractivity contribution in [3.05, 3.63) is 65.4 Å². The van der Waals surface area contributed by atoms with Crippen LogP contribution in [0.4, 0.5) is 5.69 Å². The van der Waals surface area contributed by atoms with Gasteiger partial charge in [0.05, 0.1) is 0 Å². The number of hydrogen-bond donors (Lipinski definition) is 2. The fourth-order valence-corrected chi connectivity index (χ4v) is 5.71. The molecule has 2 atom stereocenters. The second-order valence-corrected chi connectivity index (χ2v) is 10.3. The van der Waals surface area contributed by atoms with Crippen molar-refractivity contribution in [3.8, 4) is 0 Å². The van der Waals surface area contributed by atoms with E-state index in [2.05, 4.69) is 41.1 Å². The van der Waals surface area contributed by atoms with Crippen LogP contribution in [0, 0.1) is 6.92 Å². The van der Waals surface area contributed by atoms with Crippen LogP contribution < -0.4 is 11.1 Å². The van der Waals surface area contributed by atoms with Gasteiger partial charge < -0.3 is 25.3 Å². The quantitative estimate of drug-likeness (QED) is 0.395. The van der Waals surface area contributed by atoms with E-state index in [0.717, 1.165) is 56.8 Å². The number of carbonyl (C=O) groups excluding carboxylic acids is 2. The number of para-hydroxylation sites is 1. The number of piperidine rings is 1. The molecule has 1 unspecified atom stereocenters. The molecule has 0 aliphatic carbocycles. The number of likely N-dealkylation sites (tertiary alicyclic amines) is 1. The van der Waals surface area contributed by atoms with Crippen LogP contribution in [0.15, 0.2) is 48.5 Å². The molecule has 1 aromatic heterocycles. The van der Waals surface area contributed by atoms with Crippen LogP contribution in [0.3, 0.4) is 0 Å². The summed E-state index contributed by atoms with van der Waals surface area (Å²) in [6.07, 6.45) is 3.98. The SMILES string of the molecule is COCCCn1c(C2CCCN(C(=O)C[C@H](N)Cc3ccc(NC(C)=O)cc3)C2)c(C)c2ccccc21. The zero-order valence-corrected chi connectivity index (χ0v) is 22.3. The van der Waals surface area contributed by atoms with Crippen LogP contribution in [-0.4, -0.2) is 54.1 Å². The van der Waals surface area contributed by atoms with Crippen molar-refractivity contribution in [3.63, 3.8) is 0 Å². The van der Waals surface area contributed by atoms with Crippen molar-refractivity contribution in [1.82, 2.24) is 9.47 Å². The molecule has 2 heterocycles. The Morgan fingerprint density at radius 3 is 2.65 bits per heavy atom. The van der Waals surface area contributed by atoms with Gasteiger partial charge in [0.2, 0.25) is 11.8 Å². The highest BCUT2D eigenvalue weighted by atomic mass is 16.5. The van der Waals surface area contributed by atoms with Crippen molar-refractivity contribution in [1.29, 1.82) is 0 Å². The van der Waals surface area contributed by atoms with E-state index >= 15 is 0 Å². The summed E-state index contributed by atoms with van der Waals surface area (Å²) >= 11 is 0. The van der Waals surface area contributed by atoms with Crippen LogP contribution in [-0.2, 0) is 27.3 Å². The van der Waals surface area contributed by atoms with Crippen LogP contribution in [0.1, 0.15) is 55.3 Å². The van der Waals surface area contributed by atoms with Gasteiger partial charge in [-0.2, -0.15) is 0 Å². The van der Waals surface area contributed by atoms with E-state index in [-0.39, 0.29) is 17.9 Å². The molecule has 7 heteroatoms. The molecule has 2 amide bonds. The molecule has 0 saturated carbocycles. The number of nitrogens with two attached hydrogens (primary N) is 1. The lowest BCUT2D eigenvalue weighted by molar-refractivity contribution is -0.132. The number of aryl methyl sites for hydroxylation is 2. The minimum absolute atomic E-state index is 0.0968. The number of methoxy groups -OCH3 is 1. The molecule has 3 N–H and O–H groups in total. The van der Waals surface area contributed by atoms with E-state index in [1.807, 2.05) is 29.2 Å². The van der Waals surface area contributed by atoms with Crippen LogP contribution in [0.5, 0.6) is 0 Å². The lowest BCUT2D eigenvalue weighted by atomic mass is 9.91. The minimum Gasteiger partial charge on any atom is -0.385 e. The monoisotopic (exact) mass is 504 g/mol. The Kier molecular flexibility index (Phi) is 9.00. The van der Waals surface area contributed by atoms with Crippen molar-refractivity contribution < 1.29 is 14.3 Å². The summed E-state index contributed by atoms with van der Waals surface area (Å²) in [6.45, 7) is 6.87. The maximum Gasteiger partial charge on any atom is 0.224 e. The van der Waals surface area contributed by atoms with Crippen molar-refractivity contribution in [2.24, 2.45) is 5.73 Å². The summed E-state index contributed by atoms with van der Waals surface area (Å²) in [4.78, 5) is 26.5. The van der Waals surface area contributed by atoms with Gasteiger partial charge in [-0.3, -0.25) is 9.59 Å². The fourth-order valence-electron chi connectivity index (χ4n) is 5.71. The minimum atomic E-state index is -0.248. The number of amides is 2. The maximum absolute atomic E-state index is 13.3. The molecule has 1 aliphatic rings.